The fraction of sp³-hybridized carbons (Fsp3) is 0.143. The van der Waals surface area contributed by atoms with Crippen molar-refractivity contribution in [2.75, 3.05) is 6.54 Å². The quantitative estimate of drug-likeness (QED) is 0.493. The lowest BCUT2D eigenvalue weighted by Gasteiger charge is -2.14. The average Bonchev–Trinajstić information content (AvgIpc) is 2.65. The molecule has 0 atom stereocenters. The molecule has 1 aliphatic rings. The molecule has 1 heterocycles. The molecular weight excluding hydrogens is 258 g/mol. The fourth-order valence-electron chi connectivity index (χ4n) is 2.06. The first-order valence-corrected chi connectivity index (χ1v) is 5.82. The number of fused-ring (bicyclic) bond motifs is 1. The van der Waals surface area contributed by atoms with Gasteiger partial charge in [0.05, 0.1) is 17.7 Å². The molecule has 3 amide bonds. The van der Waals surface area contributed by atoms with E-state index in [2.05, 4.69) is 0 Å². The normalized spacial score (nSPS) is 14.7. The minimum atomic E-state index is -0.874. The van der Waals surface area contributed by atoms with Gasteiger partial charge in [0.1, 0.15) is 11.6 Å². The van der Waals surface area contributed by atoms with Crippen molar-refractivity contribution in [3.63, 3.8) is 0 Å². The van der Waals surface area contributed by atoms with E-state index in [-0.39, 0.29) is 17.7 Å². The molecule has 0 fully saturated rings. The number of nitrogens with two attached hydrogens (primary N) is 1. The fourth-order valence-corrected chi connectivity index (χ4v) is 2.06. The molecule has 1 aromatic rings. The summed E-state index contributed by atoms with van der Waals surface area (Å²) in [5, 5.41) is 8.85. The smallest absolute Gasteiger partial charge is 0.261 e. The monoisotopic (exact) mass is 269 g/mol. The molecule has 2 rings (SSSR count). The zero-order valence-corrected chi connectivity index (χ0v) is 10.7. The molecular formula is C14H11N3O3. The second-order valence-electron chi connectivity index (χ2n) is 4.37. The van der Waals surface area contributed by atoms with Crippen molar-refractivity contribution >= 4 is 17.7 Å². The third-order valence-electron chi connectivity index (χ3n) is 3.06. The Balaban J connectivity index is 2.35. The van der Waals surface area contributed by atoms with Gasteiger partial charge >= 0.3 is 0 Å². The van der Waals surface area contributed by atoms with E-state index in [9.17, 15) is 14.4 Å². The first-order chi connectivity index (χ1) is 9.47. The molecule has 0 saturated carbocycles. The molecule has 1 aliphatic heterocycles. The summed E-state index contributed by atoms with van der Waals surface area (Å²) in [5.74, 6) is -1.75. The van der Waals surface area contributed by atoms with Crippen molar-refractivity contribution in [2.45, 2.75) is 6.92 Å². The summed E-state index contributed by atoms with van der Waals surface area (Å²) in [6, 6.07) is 8.14. The van der Waals surface area contributed by atoms with Crippen LogP contribution in [-0.4, -0.2) is 29.2 Å². The van der Waals surface area contributed by atoms with E-state index in [0.717, 1.165) is 4.90 Å². The van der Waals surface area contributed by atoms with E-state index in [1.165, 1.54) is 6.92 Å². The van der Waals surface area contributed by atoms with Gasteiger partial charge in [0.2, 0.25) is 0 Å². The maximum atomic E-state index is 12.1. The highest BCUT2D eigenvalue weighted by Gasteiger charge is 2.35. The molecule has 0 radical (unpaired) electrons. The van der Waals surface area contributed by atoms with Gasteiger partial charge in [-0.05, 0) is 24.6 Å². The van der Waals surface area contributed by atoms with Gasteiger partial charge in [-0.25, -0.2) is 0 Å². The lowest BCUT2D eigenvalue weighted by Crippen LogP contribution is -2.32. The lowest BCUT2D eigenvalue weighted by atomic mass is 10.1. The Morgan fingerprint density at radius 2 is 1.75 bits per heavy atom. The Kier molecular flexibility index (Phi) is 3.36. The molecule has 1 aromatic carbocycles. The summed E-state index contributed by atoms with van der Waals surface area (Å²) < 4.78 is 0. The van der Waals surface area contributed by atoms with Gasteiger partial charge in [-0.15, -0.1) is 0 Å². The molecule has 0 unspecified atom stereocenters. The summed E-state index contributed by atoms with van der Waals surface area (Å²) in [6.45, 7) is 1.37. The van der Waals surface area contributed by atoms with Gasteiger partial charge in [0, 0.05) is 0 Å². The van der Waals surface area contributed by atoms with Crippen LogP contribution in [0.5, 0.6) is 0 Å². The predicted molar refractivity (Wildman–Crippen MR) is 69.3 cm³/mol. The van der Waals surface area contributed by atoms with Gasteiger partial charge < -0.3 is 5.73 Å². The number of amides is 3. The number of carbonyl (C=O) groups excluding carboxylic acids is 3. The largest absolute Gasteiger partial charge is 0.365 e. The summed E-state index contributed by atoms with van der Waals surface area (Å²) in [5.41, 5.74) is 5.76. The van der Waals surface area contributed by atoms with Crippen LogP contribution in [-0.2, 0) is 4.79 Å². The van der Waals surface area contributed by atoms with Crippen LogP contribution < -0.4 is 5.73 Å². The van der Waals surface area contributed by atoms with Crippen molar-refractivity contribution < 1.29 is 14.4 Å². The second-order valence-corrected chi connectivity index (χ2v) is 4.37. The molecule has 100 valence electrons. The van der Waals surface area contributed by atoms with Gasteiger partial charge in [-0.3, -0.25) is 19.3 Å². The van der Waals surface area contributed by atoms with Crippen LogP contribution in [0, 0.1) is 11.3 Å². The number of benzene rings is 1. The van der Waals surface area contributed by atoms with Gasteiger partial charge in [-0.2, -0.15) is 5.26 Å². The van der Waals surface area contributed by atoms with Crippen molar-refractivity contribution in [1.82, 2.24) is 4.90 Å². The van der Waals surface area contributed by atoms with Crippen LogP contribution in [0.15, 0.2) is 35.4 Å². The third-order valence-corrected chi connectivity index (χ3v) is 3.06. The zero-order valence-electron chi connectivity index (χ0n) is 10.7. The summed E-state index contributed by atoms with van der Waals surface area (Å²) in [4.78, 5) is 36.3. The molecule has 0 aliphatic carbocycles. The van der Waals surface area contributed by atoms with Gasteiger partial charge in [0.25, 0.3) is 17.7 Å². The number of hydrogen-bond acceptors (Lipinski definition) is 4. The molecule has 0 aromatic heterocycles. The Bertz CT molecular complexity index is 663. The van der Waals surface area contributed by atoms with Crippen LogP contribution >= 0.6 is 0 Å². The van der Waals surface area contributed by atoms with E-state index in [4.69, 9.17) is 11.0 Å². The first kappa shape index (κ1) is 13.5. The predicted octanol–water partition coefficient (Wildman–Crippen LogP) is 0.608. The zero-order chi connectivity index (χ0) is 14.9. The number of carbonyl (C=O) groups is 3. The Morgan fingerprint density at radius 3 is 2.15 bits per heavy atom. The molecule has 6 nitrogen and oxygen atoms in total. The third kappa shape index (κ3) is 2.06. The van der Waals surface area contributed by atoms with E-state index in [0.29, 0.717) is 11.1 Å². The lowest BCUT2D eigenvalue weighted by molar-refractivity contribution is -0.114. The van der Waals surface area contributed by atoms with Crippen LogP contribution in [0.2, 0.25) is 0 Å². The minimum absolute atomic E-state index is 0.127. The Labute approximate surface area is 115 Å². The molecule has 6 heteroatoms. The van der Waals surface area contributed by atoms with Crippen LogP contribution in [0.3, 0.4) is 0 Å². The van der Waals surface area contributed by atoms with Crippen molar-refractivity contribution in [2.24, 2.45) is 5.73 Å². The highest BCUT2D eigenvalue weighted by Crippen LogP contribution is 2.23. The maximum absolute atomic E-state index is 12.1. The minimum Gasteiger partial charge on any atom is -0.365 e. The number of nitrogens with zero attached hydrogens (tertiary/aromatic N) is 2. The second kappa shape index (κ2) is 4.97. The van der Waals surface area contributed by atoms with Crippen LogP contribution in [0.25, 0.3) is 0 Å². The Morgan fingerprint density at radius 1 is 1.25 bits per heavy atom. The van der Waals surface area contributed by atoms with Crippen molar-refractivity contribution in [3.8, 4) is 6.07 Å². The SMILES string of the molecule is C/C(CN1C(=O)c2ccccc2C1=O)=C(/C#N)C(N)=O. The molecule has 2 N–H and O–H groups in total. The van der Waals surface area contributed by atoms with Gasteiger partial charge in [-0.1, -0.05) is 12.1 Å². The first-order valence-electron chi connectivity index (χ1n) is 5.82. The number of nitriles is 1. The molecule has 0 bridgehead atoms. The topological polar surface area (TPSA) is 104 Å². The summed E-state index contributed by atoms with van der Waals surface area (Å²) >= 11 is 0. The van der Waals surface area contributed by atoms with Gasteiger partial charge in [0.15, 0.2) is 0 Å². The average molecular weight is 269 g/mol. The van der Waals surface area contributed by atoms with E-state index in [1.54, 1.807) is 30.3 Å². The number of primary amides is 1. The van der Waals surface area contributed by atoms with E-state index >= 15 is 0 Å². The Hall–Kier alpha value is -2.94. The summed E-state index contributed by atoms with van der Waals surface area (Å²) in [7, 11) is 0. The van der Waals surface area contributed by atoms with Crippen molar-refractivity contribution in [1.29, 1.82) is 5.26 Å². The highest BCUT2D eigenvalue weighted by atomic mass is 16.2. The standard InChI is InChI=1S/C14H11N3O3/c1-8(11(6-15)12(16)18)7-17-13(19)9-4-2-3-5-10(9)14(17)20/h2-5H,7H2,1H3,(H2,16,18)/b11-8+. The number of rotatable bonds is 3. The van der Waals surface area contributed by atoms with Crippen LogP contribution in [0.1, 0.15) is 27.6 Å². The number of imide groups is 1. The molecule has 0 saturated heterocycles. The maximum Gasteiger partial charge on any atom is 0.261 e. The van der Waals surface area contributed by atoms with E-state index in [1.807, 2.05) is 0 Å². The van der Waals surface area contributed by atoms with Crippen LogP contribution in [0.4, 0.5) is 0 Å². The highest BCUT2D eigenvalue weighted by molar-refractivity contribution is 6.21. The summed E-state index contributed by atoms with van der Waals surface area (Å²) in [6.07, 6.45) is 0. The van der Waals surface area contributed by atoms with Crippen molar-refractivity contribution in [3.05, 3.63) is 46.5 Å². The molecule has 0 spiro atoms. The number of hydrogen-bond donors (Lipinski definition) is 1. The molecule has 20 heavy (non-hydrogen) atoms. The van der Waals surface area contributed by atoms with E-state index < -0.39 is 17.7 Å².